The number of carbonyl (C=O) groups is 4. The third-order valence-corrected chi connectivity index (χ3v) is 7.30. The summed E-state index contributed by atoms with van der Waals surface area (Å²) in [6.07, 6.45) is 4.48. The summed E-state index contributed by atoms with van der Waals surface area (Å²) in [5.41, 5.74) is -3.01. The molecule has 0 amide bonds. The molecule has 33 heavy (non-hydrogen) atoms. The highest BCUT2D eigenvalue weighted by Gasteiger charge is 2.81. The smallest absolute Gasteiger partial charge is 0.308 e. The number of hydrogen-bond donors (Lipinski definition) is 1. The molecule has 1 saturated carbocycles. The summed E-state index contributed by atoms with van der Waals surface area (Å²) in [6, 6.07) is 2.47. The molecule has 2 aliphatic heterocycles. The molecule has 3 aliphatic carbocycles. The van der Waals surface area contributed by atoms with Gasteiger partial charge in [-0.3, -0.25) is 19.2 Å². The van der Waals surface area contributed by atoms with E-state index in [2.05, 4.69) is 0 Å². The molecule has 0 aromatic heterocycles. The second-order valence-corrected chi connectivity index (χ2v) is 9.72. The van der Waals surface area contributed by atoms with E-state index in [4.69, 9.17) is 14.2 Å². The van der Waals surface area contributed by atoms with Crippen molar-refractivity contribution in [2.75, 3.05) is 0 Å². The van der Waals surface area contributed by atoms with Crippen molar-refractivity contribution in [3.8, 4) is 17.2 Å². The fraction of sp³-hybridized carbons (Fsp3) is 0.440. The Balaban J connectivity index is 1.78. The van der Waals surface area contributed by atoms with Crippen LogP contribution in [0.5, 0.6) is 17.2 Å². The van der Waals surface area contributed by atoms with Crippen molar-refractivity contribution >= 4 is 23.8 Å². The summed E-state index contributed by atoms with van der Waals surface area (Å²) in [4.78, 5) is 50.4. The van der Waals surface area contributed by atoms with Crippen molar-refractivity contribution in [1.82, 2.24) is 0 Å². The van der Waals surface area contributed by atoms with Gasteiger partial charge in [-0.1, -0.05) is 12.2 Å². The Labute approximate surface area is 190 Å². The summed E-state index contributed by atoms with van der Waals surface area (Å²) in [7, 11) is 0. The summed E-state index contributed by atoms with van der Waals surface area (Å²) >= 11 is 0. The van der Waals surface area contributed by atoms with Crippen LogP contribution in [-0.4, -0.2) is 45.7 Å². The number of fused-ring (bicyclic) bond motifs is 1. The first-order valence-electron chi connectivity index (χ1n) is 10.8. The number of phenolic OH excluding ortho intramolecular Hbond substituents is 1. The van der Waals surface area contributed by atoms with E-state index < -0.39 is 34.5 Å². The number of allylic oxidation sites excluding steroid dienone is 2. The topological polar surface area (TPSA) is 116 Å². The third-order valence-electron chi connectivity index (χ3n) is 7.30. The zero-order chi connectivity index (χ0) is 23.9. The van der Waals surface area contributed by atoms with Crippen LogP contribution in [0, 0.1) is 11.8 Å². The SMILES string of the molecule is CC(=O)Oc1cc(O)cc2c1C(=O)C1=CC3CC4C(C)(C)OC(C/C=C(\C)C=O)(C3=O)C14O2. The molecule has 5 aliphatic rings. The van der Waals surface area contributed by atoms with Crippen molar-refractivity contribution in [2.45, 2.75) is 57.3 Å². The minimum Gasteiger partial charge on any atom is -0.508 e. The normalized spacial score (nSPS) is 33.1. The molecule has 8 heteroatoms. The molecule has 4 bridgehead atoms. The number of rotatable bonds is 4. The monoisotopic (exact) mass is 452 g/mol. The number of aromatic hydroxyl groups is 1. The van der Waals surface area contributed by atoms with E-state index in [0.717, 1.165) is 0 Å². The fourth-order valence-corrected chi connectivity index (χ4v) is 6.11. The predicted molar refractivity (Wildman–Crippen MR) is 114 cm³/mol. The van der Waals surface area contributed by atoms with E-state index >= 15 is 0 Å². The van der Waals surface area contributed by atoms with E-state index in [-0.39, 0.29) is 46.5 Å². The molecule has 172 valence electrons. The standard InChI is InChI=1S/C25H24O8/c1-12(11-26)5-6-24-22(30)14-7-16-21(29)20-17(31-13(2)27)9-15(28)10-18(20)32-25(16,24)19(8-14)23(3,4)33-24/h5,7,9-11,14,19,28H,6,8H2,1-4H3/b12-5+. The van der Waals surface area contributed by atoms with E-state index in [1.54, 1.807) is 19.1 Å². The van der Waals surface area contributed by atoms with Crippen molar-refractivity contribution < 1.29 is 38.5 Å². The first kappa shape index (κ1) is 21.6. The number of benzene rings is 1. The number of ketones is 2. The summed E-state index contributed by atoms with van der Waals surface area (Å²) in [6.45, 7) is 6.56. The van der Waals surface area contributed by atoms with Gasteiger partial charge in [-0.2, -0.15) is 0 Å². The molecule has 0 radical (unpaired) electrons. The molecule has 1 aromatic rings. The lowest BCUT2D eigenvalue weighted by Crippen LogP contribution is -2.72. The second kappa shape index (κ2) is 6.63. The van der Waals surface area contributed by atoms with Gasteiger partial charge in [-0.25, -0.2) is 0 Å². The van der Waals surface area contributed by atoms with Crippen LogP contribution in [0.3, 0.4) is 0 Å². The molecule has 2 heterocycles. The van der Waals surface area contributed by atoms with Crippen LogP contribution in [-0.2, 0) is 19.1 Å². The predicted octanol–water partition coefficient (Wildman–Crippen LogP) is 2.86. The Kier molecular flexibility index (Phi) is 4.34. The van der Waals surface area contributed by atoms with Gasteiger partial charge in [0.05, 0.1) is 5.60 Å². The van der Waals surface area contributed by atoms with E-state index in [0.29, 0.717) is 18.3 Å². The Morgan fingerprint density at radius 3 is 2.67 bits per heavy atom. The van der Waals surface area contributed by atoms with Crippen LogP contribution in [0.1, 0.15) is 50.9 Å². The maximum absolute atomic E-state index is 13.9. The van der Waals surface area contributed by atoms with Crippen molar-refractivity contribution in [3.63, 3.8) is 0 Å². The third kappa shape index (κ3) is 2.61. The minimum atomic E-state index is -1.52. The lowest BCUT2D eigenvalue weighted by molar-refractivity contribution is -0.171. The molecule has 1 spiro atoms. The number of Topliss-reactive ketones (excluding diaryl/α,β-unsaturated/α-hetero) is 2. The van der Waals surface area contributed by atoms with E-state index in [1.165, 1.54) is 19.1 Å². The van der Waals surface area contributed by atoms with Crippen molar-refractivity contribution in [1.29, 1.82) is 0 Å². The number of esters is 1. The van der Waals surface area contributed by atoms with Gasteiger partial charge in [0, 0.05) is 42.9 Å². The van der Waals surface area contributed by atoms with Crippen molar-refractivity contribution in [2.24, 2.45) is 11.8 Å². The van der Waals surface area contributed by atoms with Crippen LogP contribution in [0.25, 0.3) is 0 Å². The first-order valence-corrected chi connectivity index (χ1v) is 10.8. The summed E-state index contributed by atoms with van der Waals surface area (Å²) < 4.78 is 18.2. The second-order valence-electron chi connectivity index (χ2n) is 9.72. The highest BCUT2D eigenvalue weighted by Crippen LogP contribution is 2.67. The van der Waals surface area contributed by atoms with Crippen LogP contribution < -0.4 is 9.47 Å². The van der Waals surface area contributed by atoms with Crippen molar-refractivity contribution in [3.05, 3.63) is 41.0 Å². The molecular formula is C25H24O8. The maximum Gasteiger partial charge on any atom is 0.308 e. The largest absolute Gasteiger partial charge is 0.508 e. The Morgan fingerprint density at radius 1 is 1.27 bits per heavy atom. The van der Waals surface area contributed by atoms with Gasteiger partial charge in [0.1, 0.15) is 29.1 Å². The van der Waals surface area contributed by atoms with Crippen LogP contribution >= 0.6 is 0 Å². The number of phenols is 1. The number of aldehydes is 1. The van der Waals surface area contributed by atoms with Gasteiger partial charge in [0.15, 0.2) is 22.8 Å². The lowest BCUT2D eigenvalue weighted by atomic mass is 9.51. The number of hydrogen-bond acceptors (Lipinski definition) is 8. The molecule has 4 unspecified atom stereocenters. The molecule has 4 atom stereocenters. The molecule has 1 aromatic carbocycles. The zero-order valence-corrected chi connectivity index (χ0v) is 18.8. The highest BCUT2D eigenvalue weighted by atomic mass is 16.6. The fourth-order valence-electron chi connectivity index (χ4n) is 6.11. The quantitative estimate of drug-likeness (QED) is 0.321. The minimum absolute atomic E-state index is 0.0202. The zero-order valence-electron chi connectivity index (χ0n) is 18.8. The molecular weight excluding hydrogens is 428 g/mol. The first-order chi connectivity index (χ1) is 15.5. The maximum atomic E-state index is 13.9. The molecule has 1 N–H and O–H groups in total. The highest BCUT2D eigenvalue weighted by molar-refractivity contribution is 6.18. The van der Waals surface area contributed by atoms with Crippen LogP contribution in [0.4, 0.5) is 0 Å². The van der Waals surface area contributed by atoms with Gasteiger partial charge < -0.3 is 19.3 Å². The van der Waals surface area contributed by atoms with E-state index in [1.807, 2.05) is 13.8 Å². The summed E-state index contributed by atoms with van der Waals surface area (Å²) in [5, 5.41) is 10.3. The molecule has 1 saturated heterocycles. The Morgan fingerprint density at radius 2 is 2.00 bits per heavy atom. The lowest BCUT2D eigenvalue weighted by Gasteiger charge is -2.56. The van der Waals surface area contributed by atoms with Gasteiger partial charge in [0.2, 0.25) is 0 Å². The molecule has 8 nitrogen and oxygen atoms in total. The average molecular weight is 452 g/mol. The average Bonchev–Trinajstić information content (AvgIpc) is 2.88. The van der Waals surface area contributed by atoms with Gasteiger partial charge in [0.25, 0.3) is 0 Å². The molecule has 6 rings (SSSR count). The van der Waals surface area contributed by atoms with Gasteiger partial charge >= 0.3 is 5.97 Å². The van der Waals surface area contributed by atoms with E-state index in [9.17, 15) is 24.3 Å². The van der Waals surface area contributed by atoms with Crippen LogP contribution in [0.15, 0.2) is 35.4 Å². The Hall–Kier alpha value is -3.26. The number of ether oxygens (including phenoxy) is 3. The van der Waals surface area contributed by atoms with Crippen LogP contribution in [0.2, 0.25) is 0 Å². The van der Waals surface area contributed by atoms with Gasteiger partial charge in [-0.05, 0) is 32.8 Å². The molecule has 2 fully saturated rings. The van der Waals surface area contributed by atoms with Gasteiger partial charge in [-0.15, -0.1) is 0 Å². The Bertz CT molecular complexity index is 1210. The summed E-state index contributed by atoms with van der Waals surface area (Å²) in [5.74, 6) is -2.50. The number of carbonyl (C=O) groups excluding carboxylic acids is 4.